The van der Waals surface area contributed by atoms with Crippen LogP contribution in [-0.2, 0) is 24.1 Å². The molecule has 0 fully saturated rings. The number of phenolic OH excluding ortho intramolecular Hbond substituents is 1. The Balaban J connectivity index is 2.17. The molecule has 0 spiro atoms. The summed E-state index contributed by atoms with van der Waals surface area (Å²) in [6, 6.07) is 7.45. The maximum atomic E-state index is 12.3. The zero-order chi connectivity index (χ0) is 26.7. The van der Waals surface area contributed by atoms with Crippen molar-refractivity contribution in [1.82, 2.24) is 0 Å². The molecule has 0 saturated heterocycles. The maximum absolute atomic E-state index is 12.3. The average Bonchev–Trinajstić information content (AvgIpc) is 2.82. The molecule has 0 unspecified atom stereocenters. The standard InChI is InChI=1S/C29H38O6S/c1-5-9-24-21(13-14-23(20(4)31)29(24)35-17-7-12-27(32)33)11-8-18-36-26-16-15-22(19(3)30)28(34)25(26)10-6-2/h13-16,34H,5-12,17-18H2,1-4H3,(H,32,33). The van der Waals surface area contributed by atoms with E-state index in [0.29, 0.717) is 29.7 Å². The third kappa shape index (κ3) is 8.12. The number of hydrogen-bond acceptors (Lipinski definition) is 6. The van der Waals surface area contributed by atoms with Gasteiger partial charge in [0.1, 0.15) is 11.5 Å². The van der Waals surface area contributed by atoms with Gasteiger partial charge in [-0.15, -0.1) is 11.8 Å². The highest BCUT2D eigenvalue weighted by molar-refractivity contribution is 7.99. The third-order valence-corrected chi connectivity index (χ3v) is 7.17. The van der Waals surface area contributed by atoms with Gasteiger partial charge >= 0.3 is 5.97 Å². The van der Waals surface area contributed by atoms with Gasteiger partial charge < -0.3 is 14.9 Å². The smallest absolute Gasteiger partial charge is 0.303 e. The van der Waals surface area contributed by atoms with Crippen LogP contribution >= 0.6 is 11.8 Å². The van der Waals surface area contributed by atoms with Crippen molar-refractivity contribution in [3.8, 4) is 11.5 Å². The first-order chi connectivity index (χ1) is 17.2. The maximum Gasteiger partial charge on any atom is 0.303 e. The number of carboxylic acid groups (broad SMARTS) is 1. The molecule has 0 saturated carbocycles. The van der Waals surface area contributed by atoms with Crippen molar-refractivity contribution in [2.75, 3.05) is 12.4 Å². The highest BCUT2D eigenvalue weighted by Gasteiger charge is 2.18. The number of benzene rings is 2. The number of ketones is 2. The Morgan fingerprint density at radius 2 is 1.50 bits per heavy atom. The summed E-state index contributed by atoms with van der Waals surface area (Å²) >= 11 is 1.68. The zero-order valence-electron chi connectivity index (χ0n) is 21.8. The molecule has 0 radical (unpaired) electrons. The molecule has 0 aliphatic rings. The SMILES string of the molecule is CCCc1c(SCCCc2ccc(C(C)=O)c(OCCCC(=O)O)c2CCC)ccc(C(C)=O)c1O. The Kier molecular flexibility index (Phi) is 12.0. The molecule has 0 aliphatic heterocycles. The fraction of sp³-hybridized carbons (Fsp3) is 0.483. The van der Waals surface area contributed by atoms with Gasteiger partial charge in [-0.25, -0.2) is 0 Å². The minimum atomic E-state index is -0.864. The molecule has 0 heterocycles. The highest BCUT2D eigenvalue weighted by Crippen LogP contribution is 2.35. The summed E-state index contributed by atoms with van der Waals surface area (Å²) in [5.74, 6) is 0.459. The Hall–Kier alpha value is -2.80. The van der Waals surface area contributed by atoms with E-state index >= 15 is 0 Å². The zero-order valence-corrected chi connectivity index (χ0v) is 22.6. The number of carboxylic acids is 1. The molecule has 2 rings (SSSR count). The monoisotopic (exact) mass is 514 g/mol. The van der Waals surface area contributed by atoms with Crippen molar-refractivity contribution in [3.05, 3.63) is 52.1 Å². The minimum absolute atomic E-state index is 0.0262. The van der Waals surface area contributed by atoms with Crippen LogP contribution in [0.15, 0.2) is 29.2 Å². The number of hydrogen-bond donors (Lipinski definition) is 2. The summed E-state index contributed by atoms with van der Waals surface area (Å²) in [7, 11) is 0. The summed E-state index contributed by atoms with van der Waals surface area (Å²) in [6.45, 7) is 7.37. The van der Waals surface area contributed by atoms with Crippen molar-refractivity contribution >= 4 is 29.3 Å². The first-order valence-corrected chi connectivity index (χ1v) is 13.7. The molecule has 6 nitrogen and oxygen atoms in total. The van der Waals surface area contributed by atoms with E-state index in [2.05, 4.69) is 13.8 Å². The van der Waals surface area contributed by atoms with Crippen LogP contribution in [0.2, 0.25) is 0 Å². The van der Waals surface area contributed by atoms with Crippen LogP contribution < -0.4 is 4.74 Å². The molecule has 2 N–H and O–H groups in total. The van der Waals surface area contributed by atoms with E-state index in [0.717, 1.165) is 59.4 Å². The molecular weight excluding hydrogens is 476 g/mol. The molecule has 196 valence electrons. The van der Waals surface area contributed by atoms with E-state index in [9.17, 15) is 19.5 Å². The first kappa shape index (κ1) is 29.4. The van der Waals surface area contributed by atoms with Crippen LogP contribution in [0.1, 0.15) is 97.2 Å². The van der Waals surface area contributed by atoms with Crippen molar-refractivity contribution in [1.29, 1.82) is 0 Å². The lowest BCUT2D eigenvalue weighted by Crippen LogP contribution is -2.10. The van der Waals surface area contributed by atoms with Crippen LogP contribution in [0.5, 0.6) is 11.5 Å². The minimum Gasteiger partial charge on any atom is -0.507 e. The van der Waals surface area contributed by atoms with Gasteiger partial charge in [-0.2, -0.15) is 0 Å². The van der Waals surface area contributed by atoms with Crippen molar-refractivity contribution < 1.29 is 29.3 Å². The topological polar surface area (TPSA) is 101 Å². The number of aryl methyl sites for hydroxylation is 1. The van der Waals surface area contributed by atoms with Crippen molar-refractivity contribution in [2.24, 2.45) is 0 Å². The van der Waals surface area contributed by atoms with Crippen LogP contribution in [0, 0.1) is 0 Å². The van der Waals surface area contributed by atoms with E-state index in [-0.39, 0.29) is 30.3 Å². The first-order valence-electron chi connectivity index (χ1n) is 12.7. The Morgan fingerprint density at radius 3 is 2.11 bits per heavy atom. The molecule has 0 aromatic heterocycles. The molecule has 0 aliphatic carbocycles. The number of aromatic hydroxyl groups is 1. The Labute approximate surface area is 218 Å². The Morgan fingerprint density at radius 1 is 0.861 bits per heavy atom. The summed E-state index contributed by atoms with van der Waals surface area (Å²) in [6.07, 6.45) is 5.38. The summed E-state index contributed by atoms with van der Waals surface area (Å²) < 4.78 is 5.99. The summed E-state index contributed by atoms with van der Waals surface area (Å²) in [5.41, 5.74) is 3.91. The number of aliphatic carboxylic acids is 1. The average molecular weight is 515 g/mol. The van der Waals surface area contributed by atoms with E-state index in [1.54, 1.807) is 17.8 Å². The molecule has 2 aromatic rings. The van der Waals surface area contributed by atoms with Gasteiger partial charge in [-0.3, -0.25) is 14.4 Å². The van der Waals surface area contributed by atoms with Crippen molar-refractivity contribution in [2.45, 2.75) is 84.0 Å². The molecule has 7 heteroatoms. The van der Waals surface area contributed by atoms with Gasteiger partial charge in [0.25, 0.3) is 0 Å². The van der Waals surface area contributed by atoms with Gasteiger partial charge in [0.2, 0.25) is 0 Å². The van der Waals surface area contributed by atoms with Gasteiger partial charge in [0.15, 0.2) is 11.6 Å². The largest absolute Gasteiger partial charge is 0.507 e. The van der Waals surface area contributed by atoms with Crippen LogP contribution in [-0.4, -0.2) is 40.1 Å². The third-order valence-electron chi connectivity index (χ3n) is 5.99. The highest BCUT2D eigenvalue weighted by atomic mass is 32.2. The fourth-order valence-electron chi connectivity index (χ4n) is 4.24. The number of ether oxygens (including phenoxy) is 1. The van der Waals surface area contributed by atoms with Crippen LogP contribution in [0.25, 0.3) is 0 Å². The summed E-state index contributed by atoms with van der Waals surface area (Å²) in [4.78, 5) is 35.9. The van der Waals surface area contributed by atoms with E-state index in [4.69, 9.17) is 9.84 Å². The molecule has 2 aromatic carbocycles. The van der Waals surface area contributed by atoms with E-state index < -0.39 is 5.97 Å². The van der Waals surface area contributed by atoms with Gasteiger partial charge in [-0.1, -0.05) is 32.8 Å². The van der Waals surface area contributed by atoms with Crippen molar-refractivity contribution in [3.63, 3.8) is 0 Å². The normalized spacial score (nSPS) is 10.9. The quantitative estimate of drug-likeness (QED) is 0.146. The van der Waals surface area contributed by atoms with Crippen LogP contribution in [0.3, 0.4) is 0 Å². The number of thioether (sulfide) groups is 1. The second kappa shape index (κ2) is 14.7. The number of carbonyl (C=O) groups excluding carboxylic acids is 2. The van der Waals surface area contributed by atoms with E-state index in [1.807, 2.05) is 18.2 Å². The molecule has 0 atom stereocenters. The molecule has 36 heavy (non-hydrogen) atoms. The molecule has 0 amide bonds. The predicted molar refractivity (Wildman–Crippen MR) is 144 cm³/mol. The number of phenols is 1. The second-order valence-corrected chi connectivity index (χ2v) is 10.1. The predicted octanol–water partition coefficient (Wildman–Crippen LogP) is 6.67. The molecule has 0 bridgehead atoms. The fourth-order valence-corrected chi connectivity index (χ4v) is 5.29. The van der Waals surface area contributed by atoms with Gasteiger partial charge in [-0.05, 0) is 81.0 Å². The van der Waals surface area contributed by atoms with Gasteiger partial charge in [0.05, 0.1) is 17.7 Å². The van der Waals surface area contributed by atoms with Crippen LogP contribution in [0.4, 0.5) is 0 Å². The summed E-state index contributed by atoms with van der Waals surface area (Å²) in [5, 5.41) is 19.5. The lowest BCUT2D eigenvalue weighted by Gasteiger charge is -2.18. The number of carbonyl (C=O) groups is 3. The Bertz CT molecular complexity index is 1080. The van der Waals surface area contributed by atoms with Gasteiger partial charge in [0, 0.05) is 16.9 Å². The lowest BCUT2D eigenvalue weighted by molar-refractivity contribution is -0.137. The number of Topliss-reactive ketones (excluding diaryl/α,β-unsaturated/α-hetero) is 2. The second-order valence-electron chi connectivity index (χ2n) is 8.93. The number of rotatable bonds is 16. The molecular formula is C29H38O6S. The van der Waals surface area contributed by atoms with E-state index in [1.165, 1.54) is 13.8 Å². The lowest BCUT2D eigenvalue weighted by atomic mass is 9.94.